The van der Waals surface area contributed by atoms with Crippen LogP contribution in [0.3, 0.4) is 0 Å². The summed E-state index contributed by atoms with van der Waals surface area (Å²) in [5.74, 6) is -14.2. The Morgan fingerprint density at radius 3 is 1.80 bits per heavy atom. The number of halogens is 5. The number of ether oxygens (including phenoxy) is 1. The molecule has 0 radical (unpaired) electrons. The van der Waals surface area contributed by atoms with Gasteiger partial charge in [0, 0.05) is 18.6 Å². The molecule has 2 rings (SSSR count). The third-order valence-electron chi connectivity index (χ3n) is 3.03. The van der Waals surface area contributed by atoms with Crippen LogP contribution in [0.4, 0.5) is 22.0 Å². The smallest absolute Gasteiger partial charge is 0.308 e. The first-order valence-corrected chi connectivity index (χ1v) is 6.75. The van der Waals surface area contributed by atoms with Crippen molar-refractivity contribution in [3.05, 3.63) is 76.6 Å². The highest BCUT2D eigenvalue weighted by molar-refractivity contribution is 6.08. The van der Waals surface area contributed by atoms with Crippen LogP contribution in [0.1, 0.15) is 22.8 Å². The molecule has 0 aliphatic heterocycles. The van der Waals surface area contributed by atoms with Crippen LogP contribution in [0.5, 0.6) is 0 Å². The van der Waals surface area contributed by atoms with E-state index in [4.69, 9.17) is 4.74 Å². The highest BCUT2D eigenvalue weighted by Gasteiger charge is 2.29. The van der Waals surface area contributed by atoms with Crippen molar-refractivity contribution in [3.8, 4) is 0 Å². The first kappa shape index (κ1) is 18.3. The molecule has 0 fully saturated rings. The summed E-state index contributed by atoms with van der Waals surface area (Å²) in [6, 6.07) is 7.49. The molecule has 0 bridgehead atoms. The minimum Gasteiger partial charge on any atom is -0.426 e. The van der Waals surface area contributed by atoms with E-state index in [1.165, 1.54) is 24.3 Å². The number of esters is 1. The number of rotatable bonds is 4. The lowest BCUT2D eigenvalue weighted by Gasteiger charge is -2.09. The van der Waals surface area contributed by atoms with E-state index in [9.17, 15) is 31.5 Å². The molecular formula is C17H9F5O3. The van der Waals surface area contributed by atoms with Gasteiger partial charge in [0.05, 0.1) is 5.56 Å². The molecule has 130 valence electrons. The van der Waals surface area contributed by atoms with Crippen molar-refractivity contribution in [2.45, 2.75) is 6.92 Å². The lowest BCUT2D eigenvalue weighted by atomic mass is 10.1. The number of carbonyl (C=O) groups is 2. The van der Waals surface area contributed by atoms with Gasteiger partial charge in [0.25, 0.3) is 0 Å². The lowest BCUT2D eigenvalue weighted by molar-refractivity contribution is -0.134. The molecular weight excluding hydrogens is 347 g/mol. The molecule has 3 nitrogen and oxygen atoms in total. The number of ketones is 1. The van der Waals surface area contributed by atoms with Gasteiger partial charge in [0.2, 0.25) is 5.82 Å². The van der Waals surface area contributed by atoms with Gasteiger partial charge in [0.15, 0.2) is 29.1 Å². The van der Waals surface area contributed by atoms with Crippen molar-refractivity contribution < 1.29 is 36.3 Å². The Morgan fingerprint density at radius 1 is 0.840 bits per heavy atom. The SMILES string of the molecule is CC(=O)OC(=CC(=O)c1c(F)c(F)c(F)c(F)c1F)c1ccccc1. The van der Waals surface area contributed by atoms with E-state index in [1.54, 1.807) is 6.07 Å². The molecule has 0 aliphatic rings. The summed E-state index contributed by atoms with van der Waals surface area (Å²) < 4.78 is 71.6. The third-order valence-corrected chi connectivity index (χ3v) is 3.03. The van der Waals surface area contributed by atoms with Crippen molar-refractivity contribution in [1.82, 2.24) is 0 Å². The molecule has 8 heteroatoms. The molecule has 0 spiro atoms. The summed E-state index contributed by atoms with van der Waals surface area (Å²) in [4.78, 5) is 23.2. The van der Waals surface area contributed by atoms with Gasteiger partial charge in [-0.3, -0.25) is 9.59 Å². The maximum absolute atomic E-state index is 13.7. The summed E-state index contributed by atoms with van der Waals surface area (Å²) in [6.07, 6.45) is 0.481. The highest BCUT2D eigenvalue weighted by atomic mass is 19.2. The monoisotopic (exact) mass is 356 g/mol. The second-order valence-corrected chi connectivity index (χ2v) is 4.78. The first-order chi connectivity index (χ1) is 11.7. The number of hydrogen-bond acceptors (Lipinski definition) is 3. The summed E-state index contributed by atoms with van der Waals surface area (Å²) in [7, 11) is 0. The van der Waals surface area contributed by atoms with Crippen molar-refractivity contribution >= 4 is 17.5 Å². The summed E-state index contributed by atoms with van der Waals surface area (Å²) >= 11 is 0. The van der Waals surface area contributed by atoms with Crippen molar-refractivity contribution in [3.63, 3.8) is 0 Å². The van der Waals surface area contributed by atoms with E-state index in [0.29, 0.717) is 6.08 Å². The number of hydrogen-bond donors (Lipinski definition) is 0. The Balaban J connectivity index is 2.59. The van der Waals surface area contributed by atoms with E-state index < -0.39 is 52.2 Å². The molecule has 0 amide bonds. The van der Waals surface area contributed by atoms with Gasteiger partial charge in [-0.05, 0) is 0 Å². The Kier molecular flexibility index (Phi) is 5.31. The molecule has 0 N–H and O–H groups in total. The topological polar surface area (TPSA) is 43.4 Å². The van der Waals surface area contributed by atoms with Crippen molar-refractivity contribution in [2.75, 3.05) is 0 Å². The first-order valence-electron chi connectivity index (χ1n) is 6.75. The average molecular weight is 356 g/mol. The molecule has 0 saturated heterocycles. The van der Waals surface area contributed by atoms with Gasteiger partial charge >= 0.3 is 5.97 Å². The van der Waals surface area contributed by atoms with Crippen LogP contribution in [0.2, 0.25) is 0 Å². The summed E-state index contributed by atoms with van der Waals surface area (Å²) in [6.45, 7) is 1.01. The molecule has 2 aromatic carbocycles. The molecule has 25 heavy (non-hydrogen) atoms. The van der Waals surface area contributed by atoms with Crippen molar-refractivity contribution in [1.29, 1.82) is 0 Å². The van der Waals surface area contributed by atoms with Crippen LogP contribution in [0, 0.1) is 29.1 Å². The fourth-order valence-corrected chi connectivity index (χ4v) is 1.94. The molecule has 2 aromatic rings. The van der Waals surface area contributed by atoms with Gasteiger partial charge in [-0.25, -0.2) is 22.0 Å². The zero-order chi connectivity index (χ0) is 18.7. The fourth-order valence-electron chi connectivity index (χ4n) is 1.94. The van der Waals surface area contributed by atoms with Gasteiger partial charge in [0.1, 0.15) is 5.76 Å². The highest BCUT2D eigenvalue weighted by Crippen LogP contribution is 2.25. The number of carbonyl (C=O) groups excluding carboxylic acids is 2. The van der Waals surface area contributed by atoms with Crippen LogP contribution in [0.15, 0.2) is 36.4 Å². The van der Waals surface area contributed by atoms with Crippen LogP contribution in [-0.4, -0.2) is 11.8 Å². The number of allylic oxidation sites excluding steroid dienone is 1. The Morgan fingerprint density at radius 2 is 1.32 bits per heavy atom. The molecule has 0 aliphatic carbocycles. The predicted octanol–water partition coefficient (Wildman–Crippen LogP) is 4.17. The summed E-state index contributed by atoms with van der Waals surface area (Å²) in [5.41, 5.74) is -1.45. The lowest BCUT2D eigenvalue weighted by Crippen LogP contribution is -2.12. The zero-order valence-corrected chi connectivity index (χ0v) is 12.6. The van der Waals surface area contributed by atoms with E-state index in [1.807, 2.05) is 0 Å². The van der Waals surface area contributed by atoms with Crippen LogP contribution >= 0.6 is 0 Å². The maximum Gasteiger partial charge on any atom is 0.308 e. The van der Waals surface area contributed by atoms with Crippen LogP contribution in [0.25, 0.3) is 5.76 Å². The van der Waals surface area contributed by atoms with Crippen LogP contribution in [-0.2, 0) is 9.53 Å². The van der Waals surface area contributed by atoms with E-state index >= 15 is 0 Å². The molecule has 0 aromatic heterocycles. The average Bonchev–Trinajstić information content (AvgIpc) is 2.58. The van der Waals surface area contributed by atoms with Gasteiger partial charge < -0.3 is 4.74 Å². The second-order valence-electron chi connectivity index (χ2n) is 4.78. The second kappa shape index (κ2) is 7.25. The standard InChI is InChI=1S/C17H9F5O3/c1-8(23)25-11(9-5-3-2-4-6-9)7-10(24)12-13(18)15(20)17(22)16(21)14(12)19/h2-7H,1H3. The zero-order valence-electron chi connectivity index (χ0n) is 12.6. The van der Waals surface area contributed by atoms with Gasteiger partial charge in [-0.15, -0.1) is 0 Å². The largest absolute Gasteiger partial charge is 0.426 e. The van der Waals surface area contributed by atoms with Gasteiger partial charge in [-0.2, -0.15) is 0 Å². The fraction of sp³-hybridized carbons (Fsp3) is 0.0588. The minimum atomic E-state index is -2.38. The predicted molar refractivity (Wildman–Crippen MR) is 76.7 cm³/mol. The van der Waals surface area contributed by atoms with E-state index in [0.717, 1.165) is 6.92 Å². The van der Waals surface area contributed by atoms with E-state index in [2.05, 4.69) is 0 Å². The number of benzene rings is 2. The molecule has 0 heterocycles. The Hall–Kier alpha value is -3.03. The quantitative estimate of drug-likeness (QED) is 0.157. The summed E-state index contributed by atoms with van der Waals surface area (Å²) in [5, 5.41) is 0. The third kappa shape index (κ3) is 3.73. The molecule has 0 unspecified atom stereocenters. The molecule has 0 atom stereocenters. The Bertz CT molecular complexity index is 847. The molecule has 0 saturated carbocycles. The van der Waals surface area contributed by atoms with Crippen LogP contribution < -0.4 is 0 Å². The normalized spacial score (nSPS) is 11.4. The van der Waals surface area contributed by atoms with E-state index in [-0.39, 0.29) is 5.56 Å². The van der Waals surface area contributed by atoms with Crippen molar-refractivity contribution in [2.24, 2.45) is 0 Å². The Labute approximate surface area is 138 Å². The minimum absolute atomic E-state index is 0.190. The maximum atomic E-state index is 13.7. The van der Waals surface area contributed by atoms with Gasteiger partial charge in [-0.1, -0.05) is 30.3 Å².